The number of rotatable bonds is 3. The van der Waals surface area contributed by atoms with Crippen LogP contribution in [-0.4, -0.2) is 22.0 Å². The summed E-state index contributed by atoms with van der Waals surface area (Å²) < 4.78 is 1.76. The zero-order valence-electron chi connectivity index (χ0n) is 7.45. The lowest BCUT2D eigenvalue weighted by Crippen LogP contribution is -2.27. The minimum absolute atomic E-state index is 0.0981. The van der Waals surface area contributed by atoms with Gasteiger partial charge in [-0.3, -0.25) is 4.79 Å². The maximum absolute atomic E-state index is 11.2. The van der Waals surface area contributed by atoms with Gasteiger partial charge in [-0.15, -0.1) is 6.42 Å². The topological polar surface area (TPSA) is 46.9 Å². The summed E-state index contributed by atoms with van der Waals surface area (Å²) in [6.07, 6.45) is 8.41. The number of carbonyl (C=O) groups excluding carboxylic acids is 1. The van der Waals surface area contributed by atoms with Crippen LogP contribution in [0.15, 0.2) is 12.4 Å². The van der Waals surface area contributed by atoms with Crippen LogP contribution >= 0.6 is 0 Å². The van der Waals surface area contributed by atoms with E-state index in [0.717, 1.165) is 5.82 Å². The van der Waals surface area contributed by atoms with Crippen LogP contribution in [0, 0.1) is 19.3 Å². The summed E-state index contributed by atoms with van der Waals surface area (Å²) in [7, 11) is 0. The summed E-state index contributed by atoms with van der Waals surface area (Å²) in [4.78, 5) is 15.2. The molecule has 0 aliphatic carbocycles. The number of carbonyl (C=O) groups is 1. The largest absolute Gasteiger partial charge is 0.344 e. The molecule has 1 aromatic rings. The molecule has 13 heavy (non-hydrogen) atoms. The molecular formula is C9H11N3O. The number of hydrogen-bond acceptors (Lipinski definition) is 2. The highest BCUT2D eigenvalue weighted by molar-refractivity contribution is 5.76. The first-order valence-corrected chi connectivity index (χ1v) is 3.92. The van der Waals surface area contributed by atoms with Gasteiger partial charge in [0.25, 0.3) is 0 Å². The molecule has 1 amide bonds. The molecule has 4 heteroatoms. The van der Waals surface area contributed by atoms with Gasteiger partial charge >= 0.3 is 0 Å². The van der Waals surface area contributed by atoms with Gasteiger partial charge in [-0.2, -0.15) is 0 Å². The van der Waals surface area contributed by atoms with Crippen LogP contribution in [0.25, 0.3) is 0 Å². The standard InChI is InChI=1S/C9H11N3O/c1-3-4-11-9(13)7-12-6-5-10-8(12)2/h1,5-6H,4,7H2,2H3,(H,11,13). The monoisotopic (exact) mass is 177 g/mol. The van der Waals surface area contributed by atoms with Crippen molar-refractivity contribution in [3.63, 3.8) is 0 Å². The molecule has 0 saturated carbocycles. The van der Waals surface area contributed by atoms with E-state index < -0.39 is 0 Å². The number of imidazole rings is 1. The van der Waals surface area contributed by atoms with Crippen molar-refractivity contribution in [2.75, 3.05) is 6.54 Å². The van der Waals surface area contributed by atoms with E-state index >= 15 is 0 Å². The first-order valence-electron chi connectivity index (χ1n) is 3.92. The SMILES string of the molecule is C#CCNC(=O)Cn1ccnc1C. The number of nitrogens with one attached hydrogen (secondary N) is 1. The van der Waals surface area contributed by atoms with E-state index in [-0.39, 0.29) is 19.0 Å². The molecule has 0 aliphatic rings. The van der Waals surface area contributed by atoms with E-state index in [2.05, 4.69) is 16.2 Å². The average Bonchev–Trinajstić information content (AvgIpc) is 2.48. The van der Waals surface area contributed by atoms with Crippen molar-refractivity contribution in [2.45, 2.75) is 13.5 Å². The Morgan fingerprint density at radius 2 is 2.62 bits per heavy atom. The highest BCUT2D eigenvalue weighted by Crippen LogP contribution is 1.93. The molecule has 0 radical (unpaired) electrons. The molecule has 0 aliphatic heterocycles. The second-order valence-electron chi connectivity index (χ2n) is 2.58. The first kappa shape index (κ1) is 9.33. The minimum atomic E-state index is -0.0981. The van der Waals surface area contributed by atoms with Crippen molar-refractivity contribution in [3.05, 3.63) is 18.2 Å². The van der Waals surface area contributed by atoms with Crippen molar-refractivity contribution in [1.29, 1.82) is 0 Å². The van der Waals surface area contributed by atoms with Crippen molar-refractivity contribution < 1.29 is 4.79 Å². The summed E-state index contributed by atoms with van der Waals surface area (Å²) >= 11 is 0. The molecule has 1 heterocycles. The third kappa shape index (κ3) is 2.64. The average molecular weight is 177 g/mol. The van der Waals surface area contributed by atoms with Crippen LogP contribution in [0.2, 0.25) is 0 Å². The van der Waals surface area contributed by atoms with E-state index in [1.54, 1.807) is 17.0 Å². The van der Waals surface area contributed by atoms with Gasteiger partial charge in [0.05, 0.1) is 6.54 Å². The summed E-state index contributed by atoms with van der Waals surface area (Å²) in [6.45, 7) is 2.38. The molecule has 0 bridgehead atoms. The highest BCUT2D eigenvalue weighted by Gasteiger charge is 2.02. The third-order valence-corrected chi connectivity index (χ3v) is 1.63. The molecule has 0 spiro atoms. The van der Waals surface area contributed by atoms with Crippen LogP contribution in [-0.2, 0) is 11.3 Å². The quantitative estimate of drug-likeness (QED) is 0.657. The predicted molar refractivity (Wildman–Crippen MR) is 48.8 cm³/mol. The molecule has 1 aromatic heterocycles. The van der Waals surface area contributed by atoms with Gasteiger partial charge in [0.2, 0.25) is 5.91 Å². The van der Waals surface area contributed by atoms with Crippen molar-refractivity contribution in [1.82, 2.24) is 14.9 Å². The molecule has 0 aromatic carbocycles. The van der Waals surface area contributed by atoms with Gasteiger partial charge in [-0.1, -0.05) is 5.92 Å². The summed E-state index contributed by atoms with van der Waals surface area (Å²) in [5.74, 6) is 3.05. The lowest BCUT2D eigenvalue weighted by atomic mass is 10.5. The molecule has 0 atom stereocenters. The van der Waals surface area contributed by atoms with E-state index in [1.165, 1.54) is 0 Å². The Labute approximate surface area is 77.0 Å². The Morgan fingerprint density at radius 3 is 3.15 bits per heavy atom. The number of aromatic nitrogens is 2. The Morgan fingerprint density at radius 1 is 1.85 bits per heavy atom. The predicted octanol–water partition coefficient (Wildman–Crippen LogP) is -0.0591. The van der Waals surface area contributed by atoms with Gasteiger partial charge in [0, 0.05) is 12.4 Å². The zero-order valence-corrected chi connectivity index (χ0v) is 7.45. The molecule has 68 valence electrons. The minimum Gasteiger partial charge on any atom is -0.344 e. The third-order valence-electron chi connectivity index (χ3n) is 1.63. The second kappa shape index (κ2) is 4.31. The molecule has 0 unspecified atom stereocenters. The van der Waals surface area contributed by atoms with Gasteiger partial charge < -0.3 is 9.88 Å². The summed E-state index contributed by atoms with van der Waals surface area (Å²) in [5, 5.41) is 2.57. The number of aryl methyl sites for hydroxylation is 1. The van der Waals surface area contributed by atoms with Crippen molar-refractivity contribution in [2.24, 2.45) is 0 Å². The van der Waals surface area contributed by atoms with Crippen LogP contribution in [0.1, 0.15) is 5.82 Å². The number of nitrogens with zero attached hydrogens (tertiary/aromatic N) is 2. The van der Waals surface area contributed by atoms with Gasteiger partial charge in [0.15, 0.2) is 0 Å². The lowest BCUT2D eigenvalue weighted by molar-refractivity contribution is -0.121. The highest BCUT2D eigenvalue weighted by atomic mass is 16.1. The molecule has 1 rings (SSSR count). The fourth-order valence-electron chi connectivity index (χ4n) is 0.931. The molecule has 1 N–H and O–H groups in total. The maximum atomic E-state index is 11.2. The van der Waals surface area contributed by atoms with E-state index in [4.69, 9.17) is 6.42 Å². The number of terminal acetylenes is 1. The van der Waals surface area contributed by atoms with E-state index in [9.17, 15) is 4.79 Å². The number of amides is 1. The second-order valence-corrected chi connectivity index (χ2v) is 2.58. The fourth-order valence-corrected chi connectivity index (χ4v) is 0.931. The smallest absolute Gasteiger partial charge is 0.240 e. The first-order chi connectivity index (χ1) is 6.24. The van der Waals surface area contributed by atoms with E-state index in [1.807, 2.05) is 6.92 Å². The fraction of sp³-hybridized carbons (Fsp3) is 0.333. The van der Waals surface area contributed by atoms with Crippen LogP contribution in [0.4, 0.5) is 0 Å². The van der Waals surface area contributed by atoms with E-state index in [0.29, 0.717) is 0 Å². The maximum Gasteiger partial charge on any atom is 0.240 e. The number of hydrogen-bond donors (Lipinski definition) is 1. The Bertz CT molecular complexity index is 335. The Kier molecular flexibility index (Phi) is 3.09. The molecule has 0 saturated heterocycles. The Hall–Kier alpha value is -1.76. The molecular weight excluding hydrogens is 166 g/mol. The van der Waals surface area contributed by atoms with Crippen molar-refractivity contribution >= 4 is 5.91 Å². The van der Waals surface area contributed by atoms with Crippen LogP contribution in [0.5, 0.6) is 0 Å². The van der Waals surface area contributed by atoms with Gasteiger partial charge in [-0.05, 0) is 6.92 Å². The summed E-state index contributed by atoms with van der Waals surface area (Å²) in [6, 6.07) is 0. The summed E-state index contributed by atoms with van der Waals surface area (Å²) in [5.41, 5.74) is 0. The van der Waals surface area contributed by atoms with Gasteiger partial charge in [0.1, 0.15) is 12.4 Å². The van der Waals surface area contributed by atoms with Crippen molar-refractivity contribution in [3.8, 4) is 12.3 Å². The van der Waals surface area contributed by atoms with Crippen LogP contribution < -0.4 is 5.32 Å². The van der Waals surface area contributed by atoms with Gasteiger partial charge in [-0.25, -0.2) is 4.98 Å². The Balaban J connectivity index is 2.46. The molecule has 0 fully saturated rings. The molecule has 4 nitrogen and oxygen atoms in total. The lowest BCUT2D eigenvalue weighted by Gasteiger charge is -2.03. The van der Waals surface area contributed by atoms with Crippen LogP contribution in [0.3, 0.4) is 0 Å². The zero-order chi connectivity index (χ0) is 9.68. The normalized spacial score (nSPS) is 9.23.